The van der Waals surface area contributed by atoms with E-state index in [2.05, 4.69) is 0 Å². The number of ketones is 1. The molecule has 8 heteroatoms. The molecule has 0 radical (unpaired) electrons. The Morgan fingerprint density at radius 2 is 1.71 bits per heavy atom. The van der Waals surface area contributed by atoms with Crippen molar-refractivity contribution < 1.29 is 33.3 Å². The van der Waals surface area contributed by atoms with Crippen LogP contribution < -0.4 is 4.74 Å². The fraction of sp³-hybridized carbons (Fsp3) is 0.0769. The minimum atomic E-state index is -1.35. The molecule has 4 rings (SSSR count). The van der Waals surface area contributed by atoms with Crippen LogP contribution in [-0.4, -0.2) is 22.0 Å². The quantitative estimate of drug-likeness (QED) is 0.239. The lowest BCUT2D eigenvalue weighted by molar-refractivity contribution is -0.131. The standard InChI is InChI=1S/C26H18F2O5S/c1-13-3-5-17(14(2)9-13)24(32)26-25(19-6-4-15(29)10-22(19)34-26)33-16-11-20(27)18(21(28)12-16)7-8-23(30)31/h3-12,29H,1-2H3,(H,30,31)/b8-7+. The van der Waals surface area contributed by atoms with E-state index in [1.807, 2.05) is 26.0 Å². The Labute approximate surface area is 197 Å². The summed E-state index contributed by atoms with van der Waals surface area (Å²) in [5, 5.41) is 19.1. The number of carboxylic acid groups (broad SMARTS) is 1. The Bertz CT molecular complexity index is 1460. The van der Waals surface area contributed by atoms with Gasteiger partial charge in [-0.2, -0.15) is 0 Å². The fourth-order valence-corrected chi connectivity index (χ4v) is 4.67. The van der Waals surface area contributed by atoms with E-state index in [4.69, 9.17) is 9.84 Å². The Kier molecular flexibility index (Phi) is 6.17. The molecule has 0 aliphatic rings. The average molecular weight is 480 g/mol. The van der Waals surface area contributed by atoms with Crippen molar-refractivity contribution in [1.29, 1.82) is 0 Å². The summed E-state index contributed by atoms with van der Waals surface area (Å²) in [6, 6.07) is 11.7. The molecule has 34 heavy (non-hydrogen) atoms. The molecule has 1 aromatic heterocycles. The van der Waals surface area contributed by atoms with E-state index in [0.29, 0.717) is 21.7 Å². The van der Waals surface area contributed by atoms with Gasteiger partial charge in [-0.25, -0.2) is 13.6 Å². The molecule has 0 unspecified atom stereocenters. The minimum Gasteiger partial charge on any atom is -0.508 e. The van der Waals surface area contributed by atoms with E-state index in [9.17, 15) is 23.5 Å². The van der Waals surface area contributed by atoms with Crippen molar-refractivity contribution in [2.45, 2.75) is 13.8 Å². The maximum Gasteiger partial charge on any atom is 0.328 e. The van der Waals surface area contributed by atoms with Crippen LogP contribution in [0.15, 0.2) is 54.6 Å². The summed E-state index contributed by atoms with van der Waals surface area (Å²) >= 11 is 1.10. The molecule has 172 valence electrons. The van der Waals surface area contributed by atoms with Crippen LogP contribution in [0.2, 0.25) is 0 Å². The van der Waals surface area contributed by atoms with Gasteiger partial charge in [-0.05, 0) is 43.7 Å². The normalized spacial score (nSPS) is 11.3. The molecule has 0 atom stereocenters. The first kappa shape index (κ1) is 23.1. The van der Waals surface area contributed by atoms with Gasteiger partial charge in [-0.1, -0.05) is 23.8 Å². The number of carbonyl (C=O) groups excluding carboxylic acids is 1. The second kappa shape index (κ2) is 9.07. The van der Waals surface area contributed by atoms with Crippen LogP contribution in [0.1, 0.15) is 31.9 Å². The van der Waals surface area contributed by atoms with Gasteiger partial charge in [0.15, 0.2) is 5.75 Å². The second-order valence-corrected chi connectivity index (χ2v) is 8.71. The molecular weight excluding hydrogens is 462 g/mol. The number of aromatic hydroxyl groups is 1. The molecule has 0 aliphatic carbocycles. The fourth-order valence-electron chi connectivity index (χ4n) is 3.55. The lowest BCUT2D eigenvalue weighted by Gasteiger charge is -2.10. The second-order valence-electron chi connectivity index (χ2n) is 7.66. The third-order valence-corrected chi connectivity index (χ3v) is 6.26. The molecule has 0 saturated heterocycles. The molecule has 3 aromatic carbocycles. The summed E-state index contributed by atoms with van der Waals surface area (Å²) in [7, 11) is 0. The number of phenols is 1. The minimum absolute atomic E-state index is 0.00234. The molecular formula is C26H18F2O5S. The van der Waals surface area contributed by atoms with E-state index in [1.54, 1.807) is 12.1 Å². The first-order valence-corrected chi connectivity index (χ1v) is 10.9. The molecule has 5 nitrogen and oxygen atoms in total. The van der Waals surface area contributed by atoms with E-state index < -0.39 is 23.2 Å². The van der Waals surface area contributed by atoms with Gasteiger partial charge in [0, 0.05) is 39.4 Å². The number of ether oxygens (including phenoxy) is 1. The van der Waals surface area contributed by atoms with Crippen molar-refractivity contribution >= 4 is 39.3 Å². The molecule has 0 spiro atoms. The van der Waals surface area contributed by atoms with E-state index in [0.717, 1.165) is 40.7 Å². The van der Waals surface area contributed by atoms with Crippen LogP contribution in [0, 0.1) is 25.5 Å². The average Bonchev–Trinajstić information content (AvgIpc) is 3.09. The summed E-state index contributed by atoms with van der Waals surface area (Å²) < 4.78 is 35.4. The summed E-state index contributed by atoms with van der Waals surface area (Å²) in [5.41, 5.74) is 1.69. The van der Waals surface area contributed by atoms with Gasteiger partial charge in [0.1, 0.15) is 28.0 Å². The molecule has 0 saturated carbocycles. The van der Waals surface area contributed by atoms with Gasteiger partial charge >= 0.3 is 5.97 Å². The number of hydrogen-bond donors (Lipinski definition) is 2. The Morgan fingerprint density at radius 1 is 1.00 bits per heavy atom. The monoisotopic (exact) mass is 480 g/mol. The first-order chi connectivity index (χ1) is 16.1. The van der Waals surface area contributed by atoms with Crippen molar-refractivity contribution in [3.8, 4) is 17.2 Å². The van der Waals surface area contributed by atoms with Gasteiger partial charge in [-0.15, -0.1) is 11.3 Å². The third-order valence-electron chi connectivity index (χ3n) is 5.13. The zero-order chi connectivity index (χ0) is 24.6. The smallest absolute Gasteiger partial charge is 0.328 e. The highest BCUT2D eigenvalue weighted by molar-refractivity contribution is 7.21. The largest absolute Gasteiger partial charge is 0.508 e. The Balaban J connectivity index is 1.82. The highest BCUT2D eigenvalue weighted by atomic mass is 32.1. The van der Waals surface area contributed by atoms with Crippen molar-refractivity contribution in [3.63, 3.8) is 0 Å². The van der Waals surface area contributed by atoms with Crippen molar-refractivity contribution in [1.82, 2.24) is 0 Å². The molecule has 1 heterocycles. The number of carboxylic acids is 1. The van der Waals surface area contributed by atoms with Crippen LogP contribution in [0.3, 0.4) is 0 Å². The maximum atomic E-state index is 14.5. The van der Waals surface area contributed by atoms with E-state index in [-0.39, 0.29) is 27.9 Å². The van der Waals surface area contributed by atoms with Crippen LogP contribution in [0.5, 0.6) is 17.2 Å². The predicted octanol–water partition coefficient (Wildman–Crippen LogP) is 6.62. The van der Waals surface area contributed by atoms with Crippen molar-refractivity contribution in [2.75, 3.05) is 0 Å². The maximum absolute atomic E-state index is 14.5. The number of rotatable bonds is 6. The topological polar surface area (TPSA) is 83.8 Å². The number of hydrogen-bond acceptors (Lipinski definition) is 5. The number of aryl methyl sites for hydroxylation is 2. The summed E-state index contributed by atoms with van der Waals surface area (Å²) in [6.07, 6.45) is 1.44. The Morgan fingerprint density at radius 3 is 2.35 bits per heavy atom. The van der Waals surface area contributed by atoms with Gasteiger partial charge in [0.05, 0.1) is 0 Å². The van der Waals surface area contributed by atoms with Crippen LogP contribution >= 0.6 is 11.3 Å². The first-order valence-electron chi connectivity index (χ1n) is 10.1. The molecule has 0 bridgehead atoms. The van der Waals surface area contributed by atoms with Gasteiger partial charge in [0.2, 0.25) is 5.78 Å². The van der Waals surface area contributed by atoms with E-state index in [1.165, 1.54) is 12.1 Å². The molecule has 0 aliphatic heterocycles. The number of carbonyl (C=O) groups is 2. The number of benzene rings is 3. The van der Waals surface area contributed by atoms with Gasteiger partial charge in [0.25, 0.3) is 0 Å². The number of phenolic OH excluding ortho intramolecular Hbond substituents is 1. The lowest BCUT2D eigenvalue weighted by atomic mass is 10.0. The van der Waals surface area contributed by atoms with Crippen LogP contribution in [-0.2, 0) is 4.79 Å². The summed E-state index contributed by atoms with van der Waals surface area (Å²) in [4.78, 5) is 24.3. The Hall–Kier alpha value is -4.04. The molecule has 0 fully saturated rings. The van der Waals surface area contributed by atoms with Crippen molar-refractivity contribution in [2.24, 2.45) is 0 Å². The van der Waals surface area contributed by atoms with Crippen LogP contribution in [0.4, 0.5) is 8.78 Å². The highest BCUT2D eigenvalue weighted by Crippen LogP contribution is 2.43. The van der Waals surface area contributed by atoms with Gasteiger partial charge < -0.3 is 14.9 Å². The highest BCUT2D eigenvalue weighted by Gasteiger charge is 2.24. The van der Waals surface area contributed by atoms with Crippen LogP contribution in [0.25, 0.3) is 16.2 Å². The third kappa shape index (κ3) is 4.53. The predicted molar refractivity (Wildman–Crippen MR) is 126 cm³/mol. The number of halogens is 2. The number of fused-ring (bicyclic) bond motifs is 1. The number of aliphatic carboxylic acids is 1. The van der Waals surface area contributed by atoms with E-state index >= 15 is 0 Å². The summed E-state index contributed by atoms with van der Waals surface area (Å²) in [6.45, 7) is 3.73. The van der Waals surface area contributed by atoms with Gasteiger partial charge in [-0.3, -0.25) is 4.79 Å². The lowest BCUT2D eigenvalue weighted by Crippen LogP contribution is -2.04. The SMILES string of the molecule is Cc1ccc(C(=O)c2sc3cc(O)ccc3c2Oc2cc(F)c(/C=C/C(=O)O)c(F)c2)c(C)c1. The molecule has 2 N–H and O–H groups in total. The number of thiophene rings is 1. The summed E-state index contributed by atoms with van der Waals surface area (Å²) in [5.74, 6) is -3.81. The molecule has 4 aromatic rings. The van der Waals surface area contributed by atoms with Crippen molar-refractivity contribution in [3.05, 3.63) is 93.4 Å². The molecule has 0 amide bonds. The zero-order valence-corrected chi connectivity index (χ0v) is 18.9. The zero-order valence-electron chi connectivity index (χ0n) is 18.1.